The predicted octanol–water partition coefficient (Wildman–Crippen LogP) is 5.30. The Morgan fingerprint density at radius 1 is 0.893 bits per heavy atom. The third kappa shape index (κ3) is 3.60. The molecule has 4 rings (SSSR count). The zero-order valence-electron chi connectivity index (χ0n) is 16.3. The molecule has 0 aromatic heterocycles. The Balaban J connectivity index is 1.43. The van der Waals surface area contributed by atoms with E-state index in [0.29, 0.717) is 12.5 Å². The first-order chi connectivity index (χ1) is 13.7. The van der Waals surface area contributed by atoms with Crippen LogP contribution in [-0.2, 0) is 10.2 Å². The van der Waals surface area contributed by atoms with E-state index in [0.717, 1.165) is 12.8 Å². The molecule has 1 N–H and O–H groups in total. The molecule has 1 amide bonds. The van der Waals surface area contributed by atoms with Gasteiger partial charge in [-0.2, -0.15) is 0 Å². The maximum atomic E-state index is 13.0. The van der Waals surface area contributed by atoms with Crippen molar-refractivity contribution in [3.8, 4) is 0 Å². The highest BCUT2D eigenvalue weighted by molar-refractivity contribution is 5.86. The van der Waals surface area contributed by atoms with Crippen molar-refractivity contribution in [2.45, 2.75) is 31.1 Å². The molecule has 0 saturated heterocycles. The van der Waals surface area contributed by atoms with Crippen LogP contribution in [0.4, 0.5) is 0 Å². The molecule has 142 valence electrons. The average molecular weight is 370 g/mol. The van der Waals surface area contributed by atoms with Crippen molar-refractivity contribution in [3.63, 3.8) is 0 Å². The van der Waals surface area contributed by atoms with Gasteiger partial charge < -0.3 is 5.32 Å². The van der Waals surface area contributed by atoms with Gasteiger partial charge in [0.15, 0.2) is 0 Å². The molecule has 3 aromatic carbocycles. The van der Waals surface area contributed by atoms with Crippen LogP contribution in [0.5, 0.6) is 0 Å². The molecule has 28 heavy (non-hydrogen) atoms. The number of rotatable bonds is 7. The van der Waals surface area contributed by atoms with Crippen molar-refractivity contribution >= 4 is 5.91 Å². The number of amides is 1. The van der Waals surface area contributed by atoms with Gasteiger partial charge in [0.05, 0.1) is 5.92 Å². The summed E-state index contributed by atoms with van der Waals surface area (Å²) in [6, 6.07) is 31.4. The molecule has 1 aliphatic carbocycles. The second-order valence-corrected chi connectivity index (χ2v) is 7.85. The number of nitrogens with one attached hydrogen (secondary N) is 1. The average Bonchev–Trinajstić information content (AvgIpc) is 3.53. The first-order valence-corrected chi connectivity index (χ1v) is 10.2. The van der Waals surface area contributed by atoms with Crippen molar-refractivity contribution in [2.24, 2.45) is 5.92 Å². The third-order valence-corrected chi connectivity index (χ3v) is 6.10. The normalized spacial score (nSPS) is 18.2. The molecule has 3 aromatic rings. The van der Waals surface area contributed by atoms with Gasteiger partial charge in [-0.3, -0.25) is 4.79 Å². The van der Waals surface area contributed by atoms with E-state index in [-0.39, 0.29) is 17.2 Å². The maximum Gasteiger partial charge on any atom is 0.224 e. The van der Waals surface area contributed by atoms with Gasteiger partial charge in [0.25, 0.3) is 0 Å². The third-order valence-electron chi connectivity index (χ3n) is 6.10. The van der Waals surface area contributed by atoms with Crippen LogP contribution >= 0.6 is 0 Å². The van der Waals surface area contributed by atoms with Crippen molar-refractivity contribution in [2.75, 3.05) is 6.54 Å². The van der Waals surface area contributed by atoms with Crippen molar-refractivity contribution in [3.05, 3.63) is 108 Å². The molecule has 1 fully saturated rings. The summed E-state index contributed by atoms with van der Waals surface area (Å²) >= 11 is 0. The highest BCUT2D eigenvalue weighted by Crippen LogP contribution is 2.58. The summed E-state index contributed by atoms with van der Waals surface area (Å²) in [5.41, 5.74) is 3.61. The van der Waals surface area contributed by atoms with E-state index >= 15 is 0 Å². The lowest BCUT2D eigenvalue weighted by atomic mass is 9.85. The summed E-state index contributed by atoms with van der Waals surface area (Å²) in [6.45, 7) is 2.93. The minimum Gasteiger partial charge on any atom is -0.356 e. The summed E-state index contributed by atoms with van der Waals surface area (Å²) < 4.78 is 0. The van der Waals surface area contributed by atoms with Gasteiger partial charge >= 0.3 is 0 Å². The standard InChI is InChI=1S/C26H27NO/c1-20(21-11-5-2-6-12-21)17-18-27-25(28)24-19-26(24,22-13-7-3-8-14-22)23-15-9-4-10-16-23/h2-16,20,24H,17-19H2,1H3,(H,27,28). The number of hydrogen-bond acceptors (Lipinski definition) is 1. The van der Waals surface area contributed by atoms with Crippen LogP contribution < -0.4 is 5.32 Å². The van der Waals surface area contributed by atoms with E-state index in [1.807, 2.05) is 18.2 Å². The smallest absolute Gasteiger partial charge is 0.224 e. The molecule has 0 aliphatic heterocycles. The molecule has 1 aliphatic rings. The van der Waals surface area contributed by atoms with Gasteiger partial charge in [-0.15, -0.1) is 0 Å². The summed E-state index contributed by atoms with van der Waals surface area (Å²) in [5.74, 6) is 0.617. The quantitative estimate of drug-likeness (QED) is 0.601. The van der Waals surface area contributed by atoms with Crippen LogP contribution in [0.1, 0.15) is 42.4 Å². The molecular formula is C26H27NO. The van der Waals surface area contributed by atoms with Crippen molar-refractivity contribution in [1.82, 2.24) is 5.32 Å². The monoisotopic (exact) mass is 369 g/mol. The molecule has 0 heterocycles. The molecular weight excluding hydrogens is 342 g/mol. The highest BCUT2D eigenvalue weighted by Gasteiger charge is 2.60. The minimum absolute atomic E-state index is 0.00401. The summed E-state index contributed by atoms with van der Waals surface area (Å²) in [4.78, 5) is 13.0. The summed E-state index contributed by atoms with van der Waals surface area (Å²) in [6.07, 6.45) is 1.83. The van der Waals surface area contributed by atoms with Crippen molar-refractivity contribution in [1.29, 1.82) is 0 Å². The van der Waals surface area contributed by atoms with Gasteiger partial charge in [-0.05, 0) is 35.4 Å². The summed E-state index contributed by atoms with van der Waals surface area (Å²) in [5, 5.41) is 3.20. The van der Waals surface area contributed by atoms with Crippen LogP contribution in [-0.4, -0.2) is 12.5 Å². The van der Waals surface area contributed by atoms with E-state index in [4.69, 9.17) is 0 Å². The van der Waals surface area contributed by atoms with Crippen LogP contribution in [0.2, 0.25) is 0 Å². The molecule has 1 saturated carbocycles. The van der Waals surface area contributed by atoms with Gasteiger partial charge in [-0.1, -0.05) is 97.9 Å². The Morgan fingerprint density at radius 2 is 1.39 bits per heavy atom. The highest BCUT2D eigenvalue weighted by atomic mass is 16.2. The Morgan fingerprint density at radius 3 is 1.93 bits per heavy atom. The Bertz CT molecular complexity index is 865. The largest absolute Gasteiger partial charge is 0.356 e. The van der Waals surface area contributed by atoms with Crippen molar-refractivity contribution < 1.29 is 4.79 Å². The number of carbonyl (C=O) groups is 1. The van der Waals surface area contributed by atoms with Crippen LogP contribution in [0.3, 0.4) is 0 Å². The number of hydrogen-bond donors (Lipinski definition) is 1. The molecule has 2 heteroatoms. The fourth-order valence-corrected chi connectivity index (χ4v) is 4.34. The first-order valence-electron chi connectivity index (χ1n) is 10.2. The SMILES string of the molecule is CC(CCNC(=O)C1CC1(c1ccccc1)c1ccccc1)c1ccccc1. The molecule has 0 spiro atoms. The fraction of sp³-hybridized carbons (Fsp3) is 0.269. The zero-order valence-corrected chi connectivity index (χ0v) is 16.3. The van der Waals surface area contributed by atoms with Gasteiger partial charge in [0.2, 0.25) is 5.91 Å². The van der Waals surface area contributed by atoms with E-state index in [1.54, 1.807) is 0 Å². The Labute approximate surface area is 167 Å². The lowest BCUT2D eigenvalue weighted by Crippen LogP contribution is -2.30. The van der Waals surface area contributed by atoms with Gasteiger partial charge in [0, 0.05) is 12.0 Å². The molecule has 2 unspecified atom stereocenters. The second-order valence-electron chi connectivity index (χ2n) is 7.85. The molecule has 0 bridgehead atoms. The first kappa shape index (κ1) is 18.5. The molecule has 2 nitrogen and oxygen atoms in total. The number of benzene rings is 3. The van der Waals surface area contributed by atoms with E-state index in [9.17, 15) is 4.79 Å². The lowest BCUT2D eigenvalue weighted by Gasteiger charge is -2.19. The van der Waals surface area contributed by atoms with Crippen LogP contribution in [0.25, 0.3) is 0 Å². The minimum atomic E-state index is -0.183. The van der Waals surface area contributed by atoms with E-state index in [1.165, 1.54) is 16.7 Å². The van der Waals surface area contributed by atoms with E-state index < -0.39 is 0 Å². The zero-order chi connectivity index (χ0) is 19.4. The Kier molecular flexibility index (Phi) is 5.29. The van der Waals surface area contributed by atoms with Crippen LogP contribution in [0.15, 0.2) is 91.0 Å². The van der Waals surface area contributed by atoms with E-state index in [2.05, 4.69) is 85.0 Å². The van der Waals surface area contributed by atoms with Gasteiger partial charge in [0.1, 0.15) is 0 Å². The summed E-state index contributed by atoms with van der Waals surface area (Å²) in [7, 11) is 0. The van der Waals surface area contributed by atoms with Crippen LogP contribution in [0, 0.1) is 5.92 Å². The molecule has 2 atom stereocenters. The topological polar surface area (TPSA) is 29.1 Å². The lowest BCUT2D eigenvalue weighted by molar-refractivity contribution is -0.122. The maximum absolute atomic E-state index is 13.0. The molecule has 0 radical (unpaired) electrons. The fourth-order valence-electron chi connectivity index (χ4n) is 4.34. The number of carbonyl (C=O) groups excluding carboxylic acids is 1. The van der Waals surface area contributed by atoms with Gasteiger partial charge in [-0.25, -0.2) is 0 Å². The predicted molar refractivity (Wildman–Crippen MR) is 114 cm³/mol. The second kappa shape index (κ2) is 8.02. The Hall–Kier alpha value is -2.87.